The third kappa shape index (κ3) is 3.12. The Kier molecular flexibility index (Phi) is 4.71. The first-order valence-electron chi connectivity index (χ1n) is 7.21. The van der Waals surface area contributed by atoms with Crippen molar-refractivity contribution in [2.45, 2.75) is 46.2 Å². The molecule has 5 heteroatoms. The van der Waals surface area contributed by atoms with Gasteiger partial charge in [-0.3, -0.25) is 14.5 Å². The van der Waals surface area contributed by atoms with Crippen molar-refractivity contribution in [1.82, 2.24) is 5.32 Å². The minimum absolute atomic E-state index is 0.0397. The van der Waals surface area contributed by atoms with E-state index in [1.54, 1.807) is 11.8 Å². The number of amides is 2. The smallest absolute Gasteiger partial charge is 0.250 e. The lowest BCUT2D eigenvalue weighted by Crippen LogP contribution is -2.63. The fourth-order valence-corrected chi connectivity index (χ4v) is 3.06. The van der Waals surface area contributed by atoms with Crippen molar-refractivity contribution in [2.75, 3.05) is 4.90 Å². The van der Waals surface area contributed by atoms with Crippen LogP contribution in [0.5, 0.6) is 0 Å². The number of rotatable bonds is 3. The van der Waals surface area contributed by atoms with Crippen molar-refractivity contribution < 1.29 is 9.59 Å². The van der Waals surface area contributed by atoms with E-state index in [2.05, 4.69) is 21.2 Å². The summed E-state index contributed by atoms with van der Waals surface area (Å²) in [5, 5.41) is 2.84. The van der Waals surface area contributed by atoms with Crippen LogP contribution in [0.2, 0.25) is 0 Å². The van der Waals surface area contributed by atoms with E-state index < -0.39 is 12.1 Å². The second kappa shape index (κ2) is 6.18. The molecular weight excluding hydrogens is 332 g/mol. The molecule has 1 aromatic rings. The first-order valence-corrected chi connectivity index (χ1v) is 8.00. The van der Waals surface area contributed by atoms with Crippen molar-refractivity contribution in [3.8, 4) is 0 Å². The maximum Gasteiger partial charge on any atom is 0.250 e. The molecule has 0 radical (unpaired) electrons. The molecule has 2 atom stereocenters. The van der Waals surface area contributed by atoms with Crippen LogP contribution in [0.25, 0.3) is 0 Å². The summed E-state index contributed by atoms with van der Waals surface area (Å²) >= 11 is 3.54. The van der Waals surface area contributed by atoms with E-state index in [4.69, 9.17) is 0 Å². The number of carbonyl (C=O) groups is 2. The van der Waals surface area contributed by atoms with Crippen molar-refractivity contribution in [3.05, 3.63) is 28.2 Å². The second-order valence-electron chi connectivity index (χ2n) is 5.98. The molecule has 1 N–H and O–H groups in total. The Morgan fingerprint density at radius 2 is 2.00 bits per heavy atom. The maximum atomic E-state index is 12.8. The molecule has 1 heterocycles. The molecular formula is C16H21BrN2O2. The SMILES string of the molecule is Cc1cccc(N2C(=O)C(CC(C)C)NC(=O)C2C)c1Br. The predicted molar refractivity (Wildman–Crippen MR) is 87.2 cm³/mol. The first-order chi connectivity index (χ1) is 9.82. The third-order valence-corrected chi connectivity index (χ3v) is 4.79. The highest BCUT2D eigenvalue weighted by Gasteiger charge is 2.39. The first kappa shape index (κ1) is 16.0. The van der Waals surface area contributed by atoms with Gasteiger partial charge in [-0.15, -0.1) is 0 Å². The third-order valence-electron chi connectivity index (χ3n) is 3.76. The minimum Gasteiger partial charge on any atom is -0.342 e. The number of nitrogens with one attached hydrogen (secondary N) is 1. The van der Waals surface area contributed by atoms with Crippen LogP contribution in [0.3, 0.4) is 0 Å². The number of hydrogen-bond donors (Lipinski definition) is 1. The molecule has 4 nitrogen and oxygen atoms in total. The monoisotopic (exact) mass is 352 g/mol. The van der Waals surface area contributed by atoms with Crippen LogP contribution in [0, 0.1) is 12.8 Å². The summed E-state index contributed by atoms with van der Waals surface area (Å²) < 4.78 is 0.864. The second-order valence-corrected chi connectivity index (χ2v) is 6.78. The summed E-state index contributed by atoms with van der Waals surface area (Å²) in [7, 11) is 0. The van der Waals surface area contributed by atoms with E-state index in [9.17, 15) is 9.59 Å². The zero-order valence-electron chi connectivity index (χ0n) is 12.8. The van der Waals surface area contributed by atoms with E-state index in [0.29, 0.717) is 12.3 Å². The van der Waals surface area contributed by atoms with Gasteiger partial charge in [0.2, 0.25) is 11.8 Å². The molecule has 2 rings (SSSR count). The highest BCUT2D eigenvalue weighted by molar-refractivity contribution is 9.10. The average Bonchev–Trinajstić information content (AvgIpc) is 2.40. The molecule has 0 aromatic heterocycles. The van der Waals surface area contributed by atoms with Crippen LogP contribution in [-0.2, 0) is 9.59 Å². The molecule has 0 aliphatic carbocycles. The Balaban J connectivity index is 2.41. The molecule has 1 saturated heterocycles. The molecule has 0 spiro atoms. The molecule has 0 saturated carbocycles. The van der Waals surface area contributed by atoms with Crippen molar-refractivity contribution in [2.24, 2.45) is 5.92 Å². The Bertz CT molecular complexity index is 571. The van der Waals surface area contributed by atoms with Crippen LogP contribution >= 0.6 is 15.9 Å². The van der Waals surface area contributed by atoms with Gasteiger partial charge in [0.25, 0.3) is 0 Å². The van der Waals surface area contributed by atoms with Crippen LogP contribution < -0.4 is 10.2 Å². The average molecular weight is 353 g/mol. The summed E-state index contributed by atoms with van der Waals surface area (Å²) in [6.07, 6.45) is 0.650. The van der Waals surface area contributed by atoms with Crippen LogP contribution in [-0.4, -0.2) is 23.9 Å². The Hall–Kier alpha value is -1.36. The molecule has 1 aliphatic rings. The molecule has 21 heavy (non-hydrogen) atoms. The molecule has 1 aliphatic heterocycles. The largest absolute Gasteiger partial charge is 0.342 e. The number of aryl methyl sites for hydroxylation is 1. The van der Waals surface area contributed by atoms with Gasteiger partial charge in [0, 0.05) is 4.47 Å². The van der Waals surface area contributed by atoms with Crippen molar-refractivity contribution in [1.29, 1.82) is 0 Å². The van der Waals surface area contributed by atoms with Gasteiger partial charge in [-0.25, -0.2) is 0 Å². The fourth-order valence-electron chi connectivity index (χ4n) is 2.61. The minimum atomic E-state index is -0.501. The maximum absolute atomic E-state index is 12.8. The fraction of sp³-hybridized carbons (Fsp3) is 0.500. The number of hydrogen-bond acceptors (Lipinski definition) is 2. The van der Waals surface area contributed by atoms with Crippen LogP contribution in [0.1, 0.15) is 32.8 Å². The summed E-state index contributed by atoms with van der Waals surface area (Å²) in [6.45, 7) is 7.82. The standard InChI is InChI=1S/C16H21BrN2O2/c1-9(2)8-12-16(21)19(11(4)15(20)18-12)13-7-5-6-10(3)14(13)17/h5-7,9,11-12H,8H2,1-4H3,(H,18,20). The lowest BCUT2D eigenvalue weighted by molar-refractivity contribution is -0.133. The number of nitrogens with zero attached hydrogens (tertiary/aromatic N) is 1. The normalized spacial score (nSPS) is 22.7. The Morgan fingerprint density at radius 1 is 1.33 bits per heavy atom. The summed E-state index contributed by atoms with van der Waals surface area (Å²) in [5.74, 6) is 0.200. The molecule has 2 amide bonds. The number of halogens is 1. The van der Waals surface area contributed by atoms with E-state index >= 15 is 0 Å². The summed E-state index contributed by atoms with van der Waals surface area (Å²) in [4.78, 5) is 26.6. The van der Waals surface area contributed by atoms with Gasteiger partial charge in [-0.2, -0.15) is 0 Å². The zero-order valence-corrected chi connectivity index (χ0v) is 14.4. The van der Waals surface area contributed by atoms with Crippen molar-refractivity contribution in [3.63, 3.8) is 0 Å². The lowest BCUT2D eigenvalue weighted by Gasteiger charge is -2.38. The van der Waals surface area contributed by atoms with Gasteiger partial charge in [0.05, 0.1) is 5.69 Å². The van der Waals surface area contributed by atoms with Gasteiger partial charge in [-0.05, 0) is 53.7 Å². The van der Waals surface area contributed by atoms with Gasteiger partial charge in [0.15, 0.2) is 0 Å². The highest BCUT2D eigenvalue weighted by atomic mass is 79.9. The topological polar surface area (TPSA) is 49.4 Å². The van der Waals surface area contributed by atoms with Gasteiger partial charge in [0.1, 0.15) is 12.1 Å². The number of carbonyl (C=O) groups excluding carboxylic acids is 2. The van der Waals surface area contributed by atoms with Gasteiger partial charge < -0.3 is 5.32 Å². The van der Waals surface area contributed by atoms with E-state index in [0.717, 1.165) is 15.7 Å². The number of anilines is 1. The predicted octanol–water partition coefficient (Wildman–Crippen LogP) is 3.02. The van der Waals surface area contributed by atoms with Crippen LogP contribution in [0.15, 0.2) is 22.7 Å². The molecule has 0 bridgehead atoms. The molecule has 2 unspecified atom stereocenters. The van der Waals surface area contributed by atoms with Crippen LogP contribution in [0.4, 0.5) is 5.69 Å². The van der Waals surface area contributed by atoms with Crippen molar-refractivity contribution >= 4 is 33.4 Å². The highest BCUT2D eigenvalue weighted by Crippen LogP contribution is 2.32. The zero-order chi connectivity index (χ0) is 15.7. The molecule has 1 aromatic carbocycles. The molecule has 1 fully saturated rings. The quantitative estimate of drug-likeness (QED) is 0.908. The molecule has 114 valence electrons. The Morgan fingerprint density at radius 3 is 2.62 bits per heavy atom. The van der Waals surface area contributed by atoms with E-state index in [1.807, 2.05) is 39.0 Å². The lowest BCUT2D eigenvalue weighted by atomic mass is 9.98. The number of piperazine rings is 1. The number of benzene rings is 1. The Labute approximate surface area is 134 Å². The van der Waals surface area contributed by atoms with Gasteiger partial charge >= 0.3 is 0 Å². The summed E-state index contributed by atoms with van der Waals surface area (Å²) in [6, 6.07) is 4.80. The summed E-state index contributed by atoms with van der Waals surface area (Å²) in [5.41, 5.74) is 1.80. The van der Waals surface area contributed by atoms with E-state index in [1.165, 1.54) is 0 Å². The van der Waals surface area contributed by atoms with E-state index in [-0.39, 0.29) is 11.8 Å². The van der Waals surface area contributed by atoms with Gasteiger partial charge in [-0.1, -0.05) is 26.0 Å².